The van der Waals surface area contributed by atoms with Crippen LogP contribution in [0.1, 0.15) is 29.5 Å². The smallest absolute Gasteiger partial charge is 0.410 e. The standard InChI is InChI=1S/C21H24N2O3/c1-15-10-11-16(2)18(13-15)22-20(24)19-9-6-12-23(19)21(25)26-14-17-7-4-3-5-8-17/h3-5,7-8,10-11,13,19H,6,9,12,14H2,1-2H3,(H,22,24)/t19-/m1/s1. The van der Waals surface area contributed by atoms with Gasteiger partial charge in [-0.3, -0.25) is 9.69 Å². The van der Waals surface area contributed by atoms with Gasteiger partial charge in [0.05, 0.1) is 0 Å². The largest absolute Gasteiger partial charge is 0.445 e. The van der Waals surface area contributed by atoms with Gasteiger partial charge >= 0.3 is 6.09 Å². The SMILES string of the molecule is Cc1ccc(C)c(NC(=O)[C@H]2CCCN2C(=O)OCc2ccccc2)c1. The van der Waals surface area contributed by atoms with Gasteiger partial charge in [0.15, 0.2) is 0 Å². The third-order valence-electron chi connectivity index (χ3n) is 4.65. The van der Waals surface area contributed by atoms with Crippen molar-refractivity contribution in [3.05, 3.63) is 65.2 Å². The fraction of sp³-hybridized carbons (Fsp3) is 0.333. The number of nitrogens with zero attached hydrogens (tertiary/aromatic N) is 1. The highest BCUT2D eigenvalue weighted by molar-refractivity contribution is 5.97. The van der Waals surface area contributed by atoms with E-state index >= 15 is 0 Å². The van der Waals surface area contributed by atoms with Crippen LogP contribution in [0.15, 0.2) is 48.5 Å². The van der Waals surface area contributed by atoms with E-state index in [9.17, 15) is 9.59 Å². The van der Waals surface area contributed by atoms with Gasteiger partial charge in [0.2, 0.25) is 5.91 Å². The van der Waals surface area contributed by atoms with Gasteiger partial charge in [-0.2, -0.15) is 0 Å². The number of nitrogens with one attached hydrogen (secondary N) is 1. The zero-order valence-corrected chi connectivity index (χ0v) is 15.2. The molecule has 1 aliphatic rings. The van der Waals surface area contributed by atoms with Crippen LogP contribution in [0.2, 0.25) is 0 Å². The molecule has 1 fully saturated rings. The Morgan fingerprint density at radius 3 is 2.69 bits per heavy atom. The van der Waals surface area contributed by atoms with Crippen LogP contribution >= 0.6 is 0 Å². The molecule has 1 heterocycles. The minimum atomic E-state index is -0.488. The number of carbonyl (C=O) groups is 2. The number of amides is 2. The molecular weight excluding hydrogens is 328 g/mol. The Balaban J connectivity index is 1.62. The number of likely N-dealkylation sites (tertiary alicyclic amines) is 1. The van der Waals surface area contributed by atoms with Crippen molar-refractivity contribution in [1.82, 2.24) is 4.90 Å². The van der Waals surface area contributed by atoms with Crippen molar-refractivity contribution in [2.24, 2.45) is 0 Å². The van der Waals surface area contributed by atoms with Gasteiger partial charge in [0, 0.05) is 12.2 Å². The minimum Gasteiger partial charge on any atom is -0.445 e. The quantitative estimate of drug-likeness (QED) is 0.903. The number of anilines is 1. The van der Waals surface area contributed by atoms with Crippen LogP contribution in [0, 0.1) is 13.8 Å². The molecule has 0 aromatic heterocycles. The van der Waals surface area contributed by atoms with Gasteiger partial charge in [0.25, 0.3) is 0 Å². The molecule has 136 valence electrons. The summed E-state index contributed by atoms with van der Waals surface area (Å²) in [7, 11) is 0. The number of ether oxygens (including phenoxy) is 1. The van der Waals surface area contributed by atoms with E-state index in [0.29, 0.717) is 13.0 Å². The van der Waals surface area contributed by atoms with Crippen LogP contribution in [0.4, 0.5) is 10.5 Å². The predicted octanol–water partition coefficient (Wildman–Crippen LogP) is 4.04. The topological polar surface area (TPSA) is 58.6 Å². The molecule has 1 atom stereocenters. The van der Waals surface area contributed by atoms with E-state index in [1.54, 1.807) is 0 Å². The molecule has 5 heteroatoms. The lowest BCUT2D eigenvalue weighted by molar-refractivity contribution is -0.120. The summed E-state index contributed by atoms with van der Waals surface area (Å²) in [6.07, 6.45) is 1.01. The Kier molecular flexibility index (Phi) is 5.56. The maximum atomic E-state index is 12.7. The summed E-state index contributed by atoms with van der Waals surface area (Å²) < 4.78 is 5.39. The van der Waals surface area contributed by atoms with Gasteiger partial charge in [-0.05, 0) is 49.4 Å². The molecule has 5 nitrogen and oxygen atoms in total. The summed E-state index contributed by atoms with van der Waals surface area (Å²) in [5.41, 5.74) is 3.80. The molecule has 1 N–H and O–H groups in total. The first-order valence-corrected chi connectivity index (χ1v) is 8.90. The summed E-state index contributed by atoms with van der Waals surface area (Å²) >= 11 is 0. The summed E-state index contributed by atoms with van der Waals surface area (Å²) in [5.74, 6) is -0.159. The second-order valence-corrected chi connectivity index (χ2v) is 6.70. The van der Waals surface area contributed by atoms with Crippen LogP contribution in [-0.2, 0) is 16.1 Å². The molecule has 2 aromatic rings. The fourth-order valence-electron chi connectivity index (χ4n) is 3.15. The van der Waals surface area contributed by atoms with Gasteiger partial charge in [-0.15, -0.1) is 0 Å². The van der Waals surface area contributed by atoms with E-state index in [1.807, 2.05) is 62.4 Å². The van der Waals surface area contributed by atoms with E-state index in [-0.39, 0.29) is 12.5 Å². The number of rotatable bonds is 4. The molecule has 0 aliphatic carbocycles. The van der Waals surface area contributed by atoms with Crippen molar-refractivity contribution < 1.29 is 14.3 Å². The maximum Gasteiger partial charge on any atom is 0.410 e. The monoisotopic (exact) mass is 352 g/mol. The number of hydrogen-bond donors (Lipinski definition) is 1. The van der Waals surface area contributed by atoms with Crippen LogP contribution in [0.25, 0.3) is 0 Å². The van der Waals surface area contributed by atoms with Crippen LogP contribution < -0.4 is 5.32 Å². The van der Waals surface area contributed by atoms with Crippen molar-refractivity contribution in [3.8, 4) is 0 Å². The van der Waals surface area contributed by atoms with E-state index in [1.165, 1.54) is 4.90 Å². The van der Waals surface area contributed by atoms with Crippen molar-refractivity contribution >= 4 is 17.7 Å². The molecule has 0 saturated carbocycles. The fourth-order valence-corrected chi connectivity index (χ4v) is 3.15. The van der Waals surface area contributed by atoms with E-state index in [4.69, 9.17) is 4.74 Å². The number of aryl methyl sites for hydroxylation is 2. The number of carbonyl (C=O) groups excluding carboxylic acids is 2. The second-order valence-electron chi connectivity index (χ2n) is 6.70. The highest BCUT2D eigenvalue weighted by Gasteiger charge is 2.35. The first-order valence-electron chi connectivity index (χ1n) is 8.90. The Bertz CT molecular complexity index is 789. The van der Waals surface area contributed by atoms with Crippen molar-refractivity contribution in [1.29, 1.82) is 0 Å². The minimum absolute atomic E-state index is 0.159. The van der Waals surface area contributed by atoms with Gasteiger partial charge in [-0.1, -0.05) is 42.5 Å². The third-order valence-corrected chi connectivity index (χ3v) is 4.65. The summed E-state index contributed by atoms with van der Waals surface area (Å²) in [5, 5.41) is 2.96. The van der Waals surface area contributed by atoms with Crippen molar-refractivity contribution in [2.75, 3.05) is 11.9 Å². The number of hydrogen-bond acceptors (Lipinski definition) is 3. The first-order chi connectivity index (χ1) is 12.5. The van der Waals surface area contributed by atoms with Crippen LogP contribution in [0.3, 0.4) is 0 Å². The van der Waals surface area contributed by atoms with Gasteiger partial charge in [0.1, 0.15) is 12.6 Å². The van der Waals surface area contributed by atoms with E-state index < -0.39 is 12.1 Å². The summed E-state index contributed by atoms with van der Waals surface area (Å²) in [6, 6.07) is 15.0. The molecule has 2 aromatic carbocycles. The third kappa shape index (κ3) is 4.23. The Hall–Kier alpha value is -2.82. The molecule has 0 spiro atoms. The van der Waals surface area contributed by atoms with E-state index in [2.05, 4.69) is 5.32 Å². The second kappa shape index (κ2) is 8.04. The Morgan fingerprint density at radius 1 is 1.15 bits per heavy atom. The van der Waals surface area contributed by atoms with Gasteiger partial charge in [-0.25, -0.2) is 4.79 Å². The van der Waals surface area contributed by atoms with Crippen molar-refractivity contribution in [2.45, 2.75) is 39.3 Å². The highest BCUT2D eigenvalue weighted by Crippen LogP contribution is 2.22. The number of benzene rings is 2. The highest BCUT2D eigenvalue weighted by atomic mass is 16.6. The molecule has 3 rings (SSSR count). The zero-order valence-electron chi connectivity index (χ0n) is 15.2. The van der Waals surface area contributed by atoms with Gasteiger partial charge < -0.3 is 10.1 Å². The molecule has 1 saturated heterocycles. The average Bonchev–Trinajstić information content (AvgIpc) is 3.13. The molecular formula is C21H24N2O3. The summed E-state index contributed by atoms with van der Waals surface area (Å²) in [6.45, 7) is 4.69. The lowest BCUT2D eigenvalue weighted by Crippen LogP contribution is -2.43. The molecule has 1 aliphatic heterocycles. The first kappa shape index (κ1) is 18.0. The van der Waals surface area contributed by atoms with Crippen molar-refractivity contribution in [3.63, 3.8) is 0 Å². The zero-order chi connectivity index (χ0) is 18.5. The molecule has 2 amide bonds. The average molecular weight is 352 g/mol. The molecule has 26 heavy (non-hydrogen) atoms. The van der Waals surface area contributed by atoms with Crippen LogP contribution in [0.5, 0.6) is 0 Å². The lowest BCUT2D eigenvalue weighted by atomic mass is 10.1. The normalized spacial score (nSPS) is 16.4. The summed E-state index contributed by atoms with van der Waals surface area (Å²) in [4.78, 5) is 26.7. The van der Waals surface area contributed by atoms with E-state index in [0.717, 1.165) is 28.8 Å². The Labute approximate surface area is 154 Å². The molecule has 0 bridgehead atoms. The predicted molar refractivity (Wildman–Crippen MR) is 101 cm³/mol. The molecule has 0 unspecified atom stereocenters. The molecule has 0 radical (unpaired) electrons. The van der Waals surface area contributed by atoms with Crippen LogP contribution in [-0.4, -0.2) is 29.5 Å². The Morgan fingerprint density at radius 2 is 1.92 bits per heavy atom. The lowest BCUT2D eigenvalue weighted by Gasteiger charge is -2.23. The maximum absolute atomic E-state index is 12.7.